The predicted octanol–water partition coefficient (Wildman–Crippen LogP) is 0.521. The smallest absolute Gasteiger partial charge is 0.295 e. The molecule has 3 N–H and O–H groups in total. The number of hydrogen-bond acceptors (Lipinski definition) is 6. The lowest BCUT2D eigenvalue weighted by atomic mass is 10.3. The van der Waals surface area contributed by atoms with Crippen molar-refractivity contribution in [1.82, 2.24) is 24.2 Å². The van der Waals surface area contributed by atoms with Gasteiger partial charge in [-0.3, -0.25) is 14.3 Å². The van der Waals surface area contributed by atoms with Crippen molar-refractivity contribution in [3.8, 4) is 5.69 Å². The third-order valence-electron chi connectivity index (χ3n) is 3.69. The van der Waals surface area contributed by atoms with Crippen LogP contribution in [0.25, 0.3) is 5.69 Å². The van der Waals surface area contributed by atoms with Crippen molar-refractivity contribution in [3.63, 3.8) is 0 Å². The van der Waals surface area contributed by atoms with Crippen molar-refractivity contribution in [2.75, 3.05) is 16.9 Å². The Balaban J connectivity index is 1.80. The lowest BCUT2D eigenvalue weighted by Crippen LogP contribution is -2.23. The van der Waals surface area contributed by atoms with Crippen LogP contribution in [0.4, 0.5) is 5.69 Å². The number of nitrogens with zero attached hydrogens (tertiary/aromatic N) is 5. The molecule has 0 radical (unpaired) electrons. The molecule has 3 aromatic rings. The van der Waals surface area contributed by atoms with E-state index in [2.05, 4.69) is 15.5 Å². The summed E-state index contributed by atoms with van der Waals surface area (Å²) in [5, 5.41) is 10.5. The third-order valence-corrected chi connectivity index (χ3v) is 4.65. The van der Waals surface area contributed by atoms with Gasteiger partial charge in [0.1, 0.15) is 12.0 Å². The summed E-state index contributed by atoms with van der Waals surface area (Å²) in [6, 6.07) is 9.23. The predicted molar refractivity (Wildman–Crippen MR) is 95.3 cm³/mol. The number of hydrogen-bond donors (Lipinski definition) is 2. The molecule has 2 aromatic heterocycles. The molecule has 9 nitrogen and oxygen atoms in total. The zero-order valence-electron chi connectivity index (χ0n) is 13.7. The SMILES string of the molecule is Cc1c(NC(=O)CSc2nncn2N)c(=O)n(-c2ccccc2)n1C. The number of nitrogen functional groups attached to an aromatic ring is 1. The van der Waals surface area contributed by atoms with Crippen LogP contribution in [-0.4, -0.2) is 35.9 Å². The molecular formula is C15H17N7O2S. The molecule has 0 spiro atoms. The van der Waals surface area contributed by atoms with Gasteiger partial charge in [0.25, 0.3) is 5.56 Å². The van der Waals surface area contributed by atoms with Crippen molar-refractivity contribution in [3.05, 3.63) is 52.7 Å². The van der Waals surface area contributed by atoms with Crippen molar-refractivity contribution in [2.24, 2.45) is 7.05 Å². The Morgan fingerprint density at radius 2 is 2.04 bits per heavy atom. The number of aromatic nitrogens is 5. The van der Waals surface area contributed by atoms with Gasteiger partial charge in [-0.2, -0.15) is 0 Å². The number of thioether (sulfide) groups is 1. The number of para-hydroxylation sites is 1. The second-order valence-electron chi connectivity index (χ2n) is 5.29. The topological polar surface area (TPSA) is 113 Å². The van der Waals surface area contributed by atoms with Crippen LogP contribution < -0.4 is 16.7 Å². The van der Waals surface area contributed by atoms with Gasteiger partial charge >= 0.3 is 0 Å². The van der Waals surface area contributed by atoms with Crippen LogP contribution in [-0.2, 0) is 11.8 Å². The molecule has 1 aromatic carbocycles. The Hall–Kier alpha value is -3.01. The van der Waals surface area contributed by atoms with E-state index in [1.165, 1.54) is 15.7 Å². The fourth-order valence-corrected chi connectivity index (χ4v) is 2.99. The molecule has 0 aliphatic rings. The summed E-state index contributed by atoms with van der Waals surface area (Å²) >= 11 is 1.14. The van der Waals surface area contributed by atoms with Gasteiger partial charge in [-0.25, -0.2) is 9.36 Å². The summed E-state index contributed by atoms with van der Waals surface area (Å²) < 4.78 is 4.44. The highest BCUT2D eigenvalue weighted by Gasteiger charge is 2.18. The number of nitrogens with one attached hydrogen (secondary N) is 1. The minimum absolute atomic E-state index is 0.0645. The minimum atomic E-state index is -0.320. The summed E-state index contributed by atoms with van der Waals surface area (Å²) in [6.07, 6.45) is 1.35. The summed E-state index contributed by atoms with van der Waals surface area (Å²) in [5.41, 5.74) is 1.36. The van der Waals surface area contributed by atoms with Crippen molar-refractivity contribution < 1.29 is 4.79 Å². The highest BCUT2D eigenvalue weighted by molar-refractivity contribution is 7.99. The first-order chi connectivity index (χ1) is 12.0. The lowest BCUT2D eigenvalue weighted by Gasteiger charge is -2.07. The molecule has 25 heavy (non-hydrogen) atoms. The first kappa shape index (κ1) is 16.8. The fraction of sp³-hybridized carbons (Fsp3) is 0.200. The monoisotopic (exact) mass is 359 g/mol. The van der Waals surface area contributed by atoms with E-state index in [0.717, 1.165) is 17.4 Å². The van der Waals surface area contributed by atoms with E-state index >= 15 is 0 Å². The second-order valence-corrected chi connectivity index (χ2v) is 6.24. The first-order valence-electron chi connectivity index (χ1n) is 7.41. The van der Waals surface area contributed by atoms with Gasteiger partial charge < -0.3 is 11.2 Å². The molecule has 0 saturated carbocycles. The van der Waals surface area contributed by atoms with Gasteiger partial charge in [0.15, 0.2) is 0 Å². The van der Waals surface area contributed by atoms with E-state index in [1.54, 1.807) is 18.7 Å². The van der Waals surface area contributed by atoms with Crippen LogP contribution in [0.1, 0.15) is 5.69 Å². The maximum atomic E-state index is 12.7. The minimum Gasteiger partial charge on any atom is -0.336 e. The van der Waals surface area contributed by atoms with Gasteiger partial charge in [0.2, 0.25) is 11.1 Å². The summed E-state index contributed by atoms with van der Waals surface area (Å²) in [4.78, 5) is 24.9. The molecule has 0 fully saturated rings. The standard InChI is InChI=1S/C15H17N7O2S/c1-10-13(18-12(23)8-25-15-19-17-9-21(15)16)14(24)22(20(10)2)11-6-4-3-5-7-11/h3-7,9H,8,16H2,1-2H3,(H,18,23). The van der Waals surface area contributed by atoms with Crippen LogP contribution in [0.2, 0.25) is 0 Å². The molecule has 0 unspecified atom stereocenters. The third kappa shape index (κ3) is 3.29. The number of carbonyl (C=O) groups excluding carboxylic acids is 1. The Bertz CT molecular complexity index is 958. The summed E-state index contributed by atoms with van der Waals surface area (Å²) in [6.45, 7) is 1.78. The Kier molecular flexibility index (Phi) is 4.61. The average Bonchev–Trinajstić information content (AvgIpc) is 3.10. The number of rotatable bonds is 5. The van der Waals surface area contributed by atoms with Crippen molar-refractivity contribution >= 4 is 23.4 Å². The molecule has 0 aliphatic carbocycles. The number of benzene rings is 1. The fourth-order valence-electron chi connectivity index (χ4n) is 2.35. The van der Waals surface area contributed by atoms with E-state index in [4.69, 9.17) is 5.84 Å². The number of carbonyl (C=O) groups is 1. The highest BCUT2D eigenvalue weighted by Crippen LogP contribution is 2.16. The van der Waals surface area contributed by atoms with E-state index in [1.807, 2.05) is 30.3 Å². The normalized spacial score (nSPS) is 10.8. The zero-order chi connectivity index (χ0) is 18.0. The molecule has 10 heteroatoms. The largest absolute Gasteiger partial charge is 0.336 e. The molecule has 0 bridgehead atoms. The summed E-state index contributed by atoms with van der Waals surface area (Å²) in [7, 11) is 1.77. The van der Waals surface area contributed by atoms with Crippen LogP contribution in [0.5, 0.6) is 0 Å². The molecule has 0 atom stereocenters. The molecule has 0 aliphatic heterocycles. The second kappa shape index (κ2) is 6.85. The van der Waals surface area contributed by atoms with Crippen LogP contribution in [0.15, 0.2) is 46.6 Å². The van der Waals surface area contributed by atoms with Gasteiger partial charge in [-0.05, 0) is 19.1 Å². The zero-order valence-corrected chi connectivity index (χ0v) is 14.5. The number of nitrogens with two attached hydrogens (primary N) is 1. The molecule has 3 rings (SSSR count). The van der Waals surface area contributed by atoms with Gasteiger partial charge in [0.05, 0.1) is 17.1 Å². The number of anilines is 1. The molecule has 1 amide bonds. The summed E-state index contributed by atoms with van der Waals surface area (Å²) in [5.74, 6) is 5.34. The van der Waals surface area contributed by atoms with Gasteiger partial charge in [-0.15, -0.1) is 10.2 Å². The molecular weight excluding hydrogens is 342 g/mol. The molecule has 130 valence electrons. The molecule has 0 saturated heterocycles. The Morgan fingerprint density at radius 3 is 2.68 bits per heavy atom. The molecule has 2 heterocycles. The van der Waals surface area contributed by atoms with Gasteiger partial charge in [-0.1, -0.05) is 30.0 Å². The highest BCUT2D eigenvalue weighted by atomic mass is 32.2. The van der Waals surface area contributed by atoms with Crippen molar-refractivity contribution in [1.29, 1.82) is 0 Å². The van der Waals surface area contributed by atoms with E-state index in [-0.39, 0.29) is 22.9 Å². The first-order valence-corrected chi connectivity index (χ1v) is 8.39. The van der Waals surface area contributed by atoms with Crippen LogP contribution in [0.3, 0.4) is 0 Å². The van der Waals surface area contributed by atoms with Crippen LogP contribution >= 0.6 is 11.8 Å². The quantitative estimate of drug-likeness (QED) is 0.507. The average molecular weight is 359 g/mol. The lowest BCUT2D eigenvalue weighted by molar-refractivity contribution is -0.113. The Labute approximate surface area is 147 Å². The van der Waals surface area contributed by atoms with Crippen molar-refractivity contribution in [2.45, 2.75) is 12.1 Å². The Morgan fingerprint density at radius 1 is 1.32 bits per heavy atom. The van der Waals surface area contributed by atoms with Crippen LogP contribution in [0, 0.1) is 6.92 Å². The van der Waals surface area contributed by atoms with Gasteiger partial charge in [0, 0.05) is 7.05 Å². The van der Waals surface area contributed by atoms with E-state index in [0.29, 0.717) is 10.9 Å². The maximum absolute atomic E-state index is 12.7. The maximum Gasteiger partial charge on any atom is 0.295 e. The number of amides is 1. The van der Waals surface area contributed by atoms with E-state index < -0.39 is 0 Å². The van der Waals surface area contributed by atoms with E-state index in [9.17, 15) is 9.59 Å².